The summed E-state index contributed by atoms with van der Waals surface area (Å²) in [4.78, 5) is 42.3. The zero-order chi connectivity index (χ0) is 43.9. The molecule has 4 aliphatic rings. The highest BCUT2D eigenvalue weighted by atomic mass is 32.2. The minimum absolute atomic E-state index is 0.0510. The Morgan fingerprint density at radius 2 is 0.984 bits per heavy atom. The van der Waals surface area contributed by atoms with Crippen LogP contribution in [0.1, 0.15) is 99.6 Å². The predicted octanol–water partition coefficient (Wildman–Crippen LogP) is 4.77. The summed E-state index contributed by atoms with van der Waals surface area (Å²) in [7, 11) is -3.37. The Morgan fingerprint density at radius 1 is 0.574 bits per heavy atom. The van der Waals surface area contributed by atoms with E-state index in [0.717, 1.165) is 18.4 Å². The van der Waals surface area contributed by atoms with E-state index in [1.165, 1.54) is 35.5 Å². The van der Waals surface area contributed by atoms with E-state index in [4.69, 9.17) is 0 Å². The standard InChI is InChI=1S/C20H22F3N5O2.C19H22F3N5O3S/c1-13(29)27-10-11-28-17(12-27)24-25-18(28)19(30)26-8-6-14(7-9-26)15-4-2-3-5-16(15)20(21,22)23;1-31(29,30)26-10-11-27-16(12-26)23-24-17(27)18(28)25-8-6-13(7-9-25)14-4-2-3-5-15(14)19(20,21)22/h2-5,14H,6-12H2,1H3;2-5,13H,6-12H2,1H3. The van der Waals surface area contributed by atoms with Gasteiger partial charge in [-0.2, -0.15) is 30.6 Å². The normalized spacial score (nSPS) is 18.3. The third-order valence-corrected chi connectivity index (χ3v) is 13.0. The molecule has 328 valence electrons. The molecule has 0 aliphatic carbocycles. The van der Waals surface area contributed by atoms with Gasteiger partial charge in [-0.3, -0.25) is 14.4 Å². The lowest BCUT2D eigenvalue weighted by Crippen LogP contribution is -2.41. The van der Waals surface area contributed by atoms with Gasteiger partial charge in [0, 0.05) is 59.3 Å². The van der Waals surface area contributed by atoms with E-state index in [0.29, 0.717) is 88.7 Å². The lowest BCUT2D eigenvalue weighted by atomic mass is 9.86. The van der Waals surface area contributed by atoms with E-state index in [1.807, 2.05) is 0 Å². The molecule has 15 nitrogen and oxygen atoms in total. The van der Waals surface area contributed by atoms with Gasteiger partial charge in [-0.15, -0.1) is 20.4 Å². The zero-order valence-electron chi connectivity index (χ0n) is 33.4. The van der Waals surface area contributed by atoms with Gasteiger partial charge in [0.05, 0.1) is 30.5 Å². The molecule has 8 rings (SSSR count). The van der Waals surface area contributed by atoms with E-state index in [-0.39, 0.29) is 66.4 Å². The lowest BCUT2D eigenvalue weighted by Gasteiger charge is -2.33. The third-order valence-electron chi connectivity index (χ3n) is 11.7. The first kappa shape index (κ1) is 43.7. The number of carbonyl (C=O) groups is 3. The second-order valence-corrected chi connectivity index (χ2v) is 17.5. The van der Waals surface area contributed by atoms with Crippen LogP contribution >= 0.6 is 0 Å². The molecule has 2 saturated heterocycles. The number of benzene rings is 2. The Kier molecular flexibility index (Phi) is 12.3. The number of hydrogen-bond acceptors (Lipinski definition) is 9. The van der Waals surface area contributed by atoms with E-state index < -0.39 is 33.5 Å². The molecule has 2 fully saturated rings. The Balaban J connectivity index is 0.000000184. The molecule has 61 heavy (non-hydrogen) atoms. The Morgan fingerprint density at radius 3 is 1.39 bits per heavy atom. The van der Waals surface area contributed by atoms with Crippen molar-refractivity contribution < 1.29 is 49.1 Å². The fourth-order valence-corrected chi connectivity index (χ4v) is 9.22. The van der Waals surface area contributed by atoms with Crippen molar-refractivity contribution in [3.8, 4) is 0 Å². The van der Waals surface area contributed by atoms with Crippen molar-refractivity contribution in [3.05, 3.63) is 94.1 Å². The highest BCUT2D eigenvalue weighted by molar-refractivity contribution is 7.88. The Bertz CT molecular complexity index is 2380. The lowest BCUT2D eigenvalue weighted by molar-refractivity contribution is -0.139. The molecule has 0 N–H and O–H groups in total. The molecule has 0 unspecified atom stereocenters. The summed E-state index contributed by atoms with van der Waals surface area (Å²) in [5, 5.41) is 16.0. The minimum Gasteiger partial charge on any atom is -0.336 e. The van der Waals surface area contributed by atoms with Crippen LogP contribution in [-0.2, 0) is 53.3 Å². The second kappa shape index (κ2) is 17.2. The van der Waals surface area contributed by atoms with Crippen molar-refractivity contribution in [1.29, 1.82) is 0 Å². The molecule has 22 heteroatoms. The number of hydrogen-bond donors (Lipinski definition) is 0. The number of aromatic nitrogens is 6. The van der Waals surface area contributed by atoms with Gasteiger partial charge in [-0.25, -0.2) is 8.42 Å². The number of nitrogens with zero attached hydrogens (tertiary/aromatic N) is 10. The SMILES string of the molecule is CC(=O)N1CCn2c(nnc2C(=O)N2CCC(c3ccccc3C(F)(F)F)CC2)C1.CS(=O)(=O)N1CCn2c(nnc2C(=O)N2CCC(c3ccccc3C(F)(F)F)CC2)C1. The van der Waals surface area contributed by atoms with Crippen molar-refractivity contribution in [2.75, 3.05) is 45.5 Å². The molecule has 0 spiro atoms. The van der Waals surface area contributed by atoms with E-state index in [1.54, 1.807) is 36.0 Å². The number of piperidine rings is 2. The summed E-state index contributed by atoms with van der Waals surface area (Å²) < 4.78 is 108. The topological polar surface area (TPSA) is 160 Å². The maximum Gasteiger partial charge on any atom is 0.416 e. The number of carbonyl (C=O) groups excluding carboxylic acids is 3. The molecule has 6 heterocycles. The molecule has 0 radical (unpaired) electrons. The van der Waals surface area contributed by atoms with Crippen molar-refractivity contribution in [2.24, 2.45) is 0 Å². The number of likely N-dealkylation sites (tertiary alicyclic amines) is 2. The number of rotatable bonds is 5. The maximum atomic E-state index is 13.3. The van der Waals surface area contributed by atoms with Crippen LogP contribution in [0, 0.1) is 0 Å². The smallest absolute Gasteiger partial charge is 0.336 e. The van der Waals surface area contributed by atoms with Gasteiger partial charge >= 0.3 is 12.4 Å². The zero-order valence-corrected chi connectivity index (χ0v) is 34.2. The minimum atomic E-state index is -4.41. The molecular weight excluding hydrogens is 835 g/mol. The van der Waals surface area contributed by atoms with Crippen molar-refractivity contribution >= 4 is 27.7 Å². The molecular formula is C39H44F6N10O5S. The molecule has 2 aromatic heterocycles. The number of amides is 3. The maximum absolute atomic E-state index is 13.3. The summed E-state index contributed by atoms with van der Waals surface area (Å²) in [5.41, 5.74) is -0.665. The number of fused-ring (bicyclic) bond motifs is 2. The molecule has 0 atom stereocenters. The van der Waals surface area contributed by atoms with Crippen LogP contribution in [0.25, 0.3) is 0 Å². The molecule has 0 bridgehead atoms. The van der Waals surface area contributed by atoms with Gasteiger partial charge in [0.2, 0.25) is 27.6 Å². The van der Waals surface area contributed by atoms with Crippen LogP contribution < -0.4 is 0 Å². The van der Waals surface area contributed by atoms with Crippen LogP contribution in [0.3, 0.4) is 0 Å². The fourth-order valence-electron chi connectivity index (χ4n) is 8.45. The summed E-state index contributed by atoms with van der Waals surface area (Å²) in [5.74, 6) is 0.128. The fraction of sp³-hybridized carbons (Fsp3) is 0.513. The monoisotopic (exact) mass is 878 g/mol. The van der Waals surface area contributed by atoms with Gasteiger partial charge in [-0.1, -0.05) is 36.4 Å². The van der Waals surface area contributed by atoms with Crippen LogP contribution in [-0.4, -0.2) is 120 Å². The molecule has 4 aromatic rings. The third kappa shape index (κ3) is 9.43. The summed E-state index contributed by atoms with van der Waals surface area (Å²) in [6.45, 7) is 4.61. The highest BCUT2D eigenvalue weighted by Crippen LogP contribution is 2.40. The van der Waals surface area contributed by atoms with Gasteiger partial charge in [-0.05, 0) is 60.8 Å². The van der Waals surface area contributed by atoms with Gasteiger partial charge in [0.25, 0.3) is 11.8 Å². The van der Waals surface area contributed by atoms with Crippen molar-refractivity contribution in [3.63, 3.8) is 0 Å². The number of halogens is 6. The Hall–Kier alpha value is -5.38. The first-order valence-electron chi connectivity index (χ1n) is 19.8. The number of alkyl halides is 6. The summed E-state index contributed by atoms with van der Waals surface area (Å²) in [6.07, 6.45) is -5.94. The number of sulfonamides is 1. The molecule has 2 aromatic carbocycles. The Labute approximate surface area is 347 Å². The van der Waals surface area contributed by atoms with Crippen LogP contribution in [0.5, 0.6) is 0 Å². The average Bonchev–Trinajstić information content (AvgIpc) is 3.87. The van der Waals surface area contributed by atoms with E-state index >= 15 is 0 Å². The summed E-state index contributed by atoms with van der Waals surface area (Å²) >= 11 is 0. The summed E-state index contributed by atoms with van der Waals surface area (Å²) in [6, 6.07) is 11.2. The molecule has 0 saturated carbocycles. The largest absolute Gasteiger partial charge is 0.416 e. The highest BCUT2D eigenvalue weighted by Gasteiger charge is 2.39. The van der Waals surface area contributed by atoms with E-state index in [2.05, 4.69) is 20.4 Å². The average molecular weight is 879 g/mol. The molecule has 3 amide bonds. The van der Waals surface area contributed by atoms with Gasteiger partial charge in [0.1, 0.15) is 5.82 Å². The second-order valence-electron chi connectivity index (χ2n) is 15.5. The van der Waals surface area contributed by atoms with Crippen molar-refractivity contribution in [2.45, 2.75) is 83.0 Å². The first-order valence-corrected chi connectivity index (χ1v) is 21.6. The predicted molar refractivity (Wildman–Crippen MR) is 205 cm³/mol. The van der Waals surface area contributed by atoms with Gasteiger partial charge < -0.3 is 23.8 Å². The van der Waals surface area contributed by atoms with Gasteiger partial charge in [0.15, 0.2) is 5.82 Å². The van der Waals surface area contributed by atoms with E-state index in [9.17, 15) is 49.1 Å². The first-order chi connectivity index (χ1) is 28.8. The van der Waals surface area contributed by atoms with Crippen LogP contribution in [0.15, 0.2) is 48.5 Å². The quantitative estimate of drug-likeness (QED) is 0.258. The molecule has 4 aliphatic heterocycles. The van der Waals surface area contributed by atoms with Crippen molar-refractivity contribution in [1.82, 2.24) is 48.5 Å². The van der Waals surface area contributed by atoms with Crippen LogP contribution in [0.4, 0.5) is 26.3 Å². The van der Waals surface area contributed by atoms with Crippen LogP contribution in [0.2, 0.25) is 0 Å².